The van der Waals surface area contributed by atoms with Gasteiger partial charge < -0.3 is 5.11 Å². The van der Waals surface area contributed by atoms with E-state index >= 15 is 0 Å². The van der Waals surface area contributed by atoms with Crippen LogP contribution in [0.4, 0.5) is 0 Å². The third-order valence-corrected chi connectivity index (χ3v) is 3.53. The van der Waals surface area contributed by atoms with Gasteiger partial charge in [0, 0.05) is 0 Å². The molecule has 0 aliphatic rings. The van der Waals surface area contributed by atoms with E-state index in [1.807, 2.05) is 12.1 Å². The summed E-state index contributed by atoms with van der Waals surface area (Å²) < 4.78 is 0. The van der Waals surface area contributed by atoms with Crippen LogP contribution in [-0.2, 0) is 12.8 Å². The van der Waals surface area contributed by atoms with Crippen LogP contribution in [0.25, 0.3) is 0 Å². The molecule has 0 heterocycles. The topological polar surface area (TPSA) is 20.2 Å². The third kappa shape index (κ3) is 4.78. The lowest BCUT2D eigenvalue weighted by Gasteiger charge is -2.11. The van der Waals surface area contributed by atoms with Crippen molar-refractivity contribution in [3.63, 3.8) is 0 Å². The second-order valence-corrected chi connectivity index (χ2v) is 5.35. The fraction of sp³-hybridized carbons (Fsp3) is 0.333. The molecule has 0 amide bonds. The van der Waals surface area contributed by atoms with Crippen LogP contribution in [0.5, 0.6) is 5.75 Å². The zero-order valence-electron chi connectivity index (χ0n) is 11.5. The van der Waals surface area contributed by atoms with Crippen LogP contribution in [0, 0.1) is 5.92 Å². The predicted octanol–water partition coefficient (Wildman–Crippen LogP) is 4.59. The summed E-state index contributed by atoms with van der Waals surface area (Å²) in [4.78, 5) is 0. The average molecular weight is 254 g/mol. The molecule has 100 valence electrons. The Morgan fingerprint density at radius 1 is 0.895 bits per heavy atom. The molecule has 2 aromatic carbocycles. The monoisotopic (exact) mass is 254 g/mol. The minimum absolute atomic E-state index is 0.348. The van der Waals surface area contributed by atoms with Crippen LogP contribution in [0.2, 0.25) is 0 Å². The summed E-state index contributed by atoms with van der Waals surface area (Å²) in [6, 6.07) is 18.3. The zero-order valence-corrected chi connectivity index (χ0v) is 11.5. The van der Waals surface area contributed by atoms with Gasteiger partial charge in [-0.1, -0.05) is 55.8 Å². The number of hydrogen-bond donors (Lipinski definition) is 1. The minimum atomic E-state index is 0.348. The van der Waals surface area contributed by atoms with E-state index in [0.29, 0.717) is 11.7 Å². The number of phenols is 1. The Kier molecular flexibility index (Phi) is 5.02. The summed E-state index contributed by atoms with van der Waals surface area (Å²) in [5, 5.41) is 9.26. The van der Waals surface area contributed by atoms with Gasteiger partial charge in [0.25, 0.3) is 0 Å². The molecule has 1 N–H and O–H groups in total. The van der Waals surface area contributed by atoms with Crippen LogP contribution in [-0.4, -0.2) is 5.11 Å². The molecule has 1 nitrogen and oxygen atoms in total. The van der Waals surface area contributed by atoms with Gasteiger partial charge >= 0.3 is 0 Å². The number of phenolic OH excluding ortho intramolecular Hbond substituents is 1. The van der Waals surface area contributed by atoms with E-state index in [2.05, 4.69) is 37.3 Å². The molecule has 2 rings (SSSR count). The predicted molar refractivity (Wildman–Crippen MR) is 80.4 cm³/mol. The van der Waals surface area contributed by atoms with Gasteiger partial charge in [-0.15, -0.1) is 0 Å². The standard InChI is InChI=1S/C18H22O/c1-15(14-17-10-12-18(19)13-11-17)6-5-9-16-7-3-2-4-8-16/h2-4,7-8,10-13,15,19H,5-6,9,14H2,1H3. The van der Waals surface area contributed by atoms with Gasteiger partial charge in [-0.25, -0.2) is 0 Å². The Labute approximate surface area is 115 Å². The summed E-state index contributed by atoms with van der Waals surface area (Å²) in [5.74, 6) is 1.04. The number of aryl methyl sites for hydroxylation is 1. The van der Waals surface area contributed by atoms with Crippen LogP contribution in [0.15, 0.2) is 54.6 Å². The first-order chi connectivity index (χ1) is 9.24. The molecule has 19 heavy (non-hydrogen) atoms. The van der Waals surface area contributed by atoms with Crippen molar-refractivity contribution in [3.8, 4) is 5.75 Å². The van der Waals surface area contributed by atoms with Crippen LogP contribution < -0.4 is 0 Å². The van der Waals surface area contributed by atoms with E-state index in [4.69, 9.17) is 0 Å². The highest BCUT2D eigenvalue weighted by Gasteiger charge is 2.04. The lowest BCUT2D eigenvalue weighted by atomic mass is 9.95. The number of aromatic hydroxyl groups is 1. The molecule has 1 heteroatoms. The first-order valence-corrected chi connectivity index (χ1v) is 7.06. The van der Waals surface area contributed by atoms with Crippen molar-refractivity contribution in [3.05, 3.63) is 65.7 Å². The minimum Gasteiger partial charge on any atom is -0.508 e. The molecule has 0 fully saturated rings. The van der Waals surface area contributed by atoms with Crippen molar-refractivity contribution < 1.29 is 5.11 Å². The molecule has 0 bridgehead atoms. The van der Waals surface area contributed by atoms with Crippen LogP contribution in [0.3, 0.4) is 0 Å². The molecule has 1 unspecified atom stereocenters. The maximum atomic E-state index is 9.26. The molecule has 0 saturated heterocycles. The molecule has 0 radical (unpaired) electrons. The van der Waals surface area contributed by atoms with Crippen molar-refractivity contribution in [1.29, 1.82) is 0 Å². The van der Waals surface area contributed by atoms with Gasteiger partial charge in [0.1, 0.15) is 5.75 Å². The van der Waals surface area contributed by atoms with Gasteiger partial charge in [-0.3, -0.25) is 0 Å². The highest BCUT2D eigenvalue weighted by molar-refractivity contribution is 5.26. The van der Waals surface area contributed by atoms with Crippen molar-refractivity contribution in [2.45, 2.75) is 32.6 Å². The summed E-state index contributed by atoms with van der Waals surface area (Å²) in [7, 11) is 0. The Hall–Kier alpha value is -1.76. The van der Waals surface area contributed by atoms with Crippen molar-refractivity contribution in [1.82, 2.24) is 0 Å². The lowest BCUT2D eigenvalue weighted by Crippen LogP contribution is -2.00. The molecule has 0 aromatic heterocycles. The summed E-state index contributed by atoms with van der Waals surface area (Å²) >= 11 is 0. The number of benzene rings is 2. The van der Waals surface area contributed by atoms with Gasteiger partial charge in [0.15, 0.2) is 0 Å². The van der Waals surface area contributed by atoms with Gasteiger partial charge in [-0.2, -0.15) is 0 Å². The maximum absolute atomic E-state index is 9.26. The molecule has 2 aromatic rings. The average Bonchev–Trinajstić information content (AvgIpc) is 2.43. The quantitative estimate of drug-likeness (QED) is 0.799. The molecule has 0 aliphatic carbocycles. The Balaban J connectivity index is 1.73. The first kappa shape index (κ1) is 13.7. The summed E-state index contributed by atoms with van der Waals surface area (Å²) in [6.45, 7) is 2.30. The fourth-order valence-corrected chi connectivity index (χ4v) is 2.44. The number of rotatable bonds is 6. The Bertz CT molecular complexity index is 473. The van der Waals surface area contributed by atoms with Crippen molar-refractivity contribution >= 4 is 0 Å². The van der Waals surface area contributed by atoms with E-state index in [-0.39, 0.29) is 0 Å². The Morgan fingerprint density at radius 2 is 1.58 bits per heavy atom. The van der Waals surface area contributed by atoms with E-state index in [0.717, 1.165) is 6.42 Å². The first-order valence-electron chi connectivity index (χ1n) is 7.06. The fourth-order valence-electron chi connectivity index (χ4n) is 2.44. The Morgan fingerprint density at radius 3 is 2.26 bits per heavy atom. The largest absolute Gasteiger partial charge is 0.508 e. The molecule has 0 aliphatic heterocycles. The number of hydrogen-bond acceptors (Lipinski definition) is 1. The maximum Gasteiger partial charge on any atom is 0.115 e. The van der Waals surface area contributed by atoms with Gasteiger partial charge in [0.2, 0.25) is 0 Å². The lowest BCUT2D eigenvalue weighted by molar-refractivity contribution is 0.474. The highest BCUT2D eigenvalue weighted by Crippen LogP contribution is 2.17. The SMILES string of the molecule is CC(CCCc1ccccc1)Cc1ccc(O)cc1. The second kappa shape index (κ2) is 6.98. The molecule has 0 saturated carbocycles. The second-order valence-electron chi connectivity index (χ2n) is 5.35. The van der Waals surface area contributed by atoms with Gasteiger partial charge in [0.05, 0.1) is 0 Å². The molecule has 0 spiro atoms. The van der Waals surface area contributed by atoms with E-state index in [1.165, 1.54) is 30.4 Å². The normalized spacial score (nSPS) is 12.3. The van der Waals surface area contributed by atoms with Crippen LogP contribution >= 0.6 is 0 Å². The summed E-state index contributed by atoms with van der Waals surface area (Å²) in [5.41, 5.74) is 2.74. The smallest absolute Gasteiger partial charge is 0.115 e. The van der Waals surface area contributed by atoms with E-state index in [1.54, 1.807) is 12.1 Å². The summed E-state index contributed by atoms with van der Waals surface area (Å²) in [6.07, 6.45) is 4.74. The zero-order chi connectivity index (χ0) is 13.5. The van der Waals surface area contributed by atoms with Crippen molar-refractivity contribution in [2.24, 2.45) is 5.92 Å². The molecular formula is C18H22O. The highest BCUT2D eigenvalue weighted by atomic mass is 16.3. The third-order valence-electron chi connectivity index (χ3n) is 3.53. The molecular weight excluding hydrogens is 232 g/mol. The van der Waals surface area contributed by atoms with Crippen LogP contribution in [0.1, 0.15) is 30.9 Å². The van der Waals surface area contributed by atoms with E-state index < -0.39 is 0 Å². The van der Waals surface area contributed by atoms with Crippen molar-refractivity contribution in [2.75, 3.05) is 0 Å². The van der Waals surface area contributed by atoms with E-state index in [9.17, 15) is 5.11 Å². The van der Waals surface area contributed by atoms with Gasteiger partial charge in [-0.05, 0) is 48.4 Å². The molecule has 1 atom stereocenters.